The molecule has 0 amide bonds. The van der Waals surface area contributed by atoms with Crippen LogP contribution in [0.4, 0.5) is 26.3 Å². The van der Waals surface area contributed by atoms with Gasteiger partial charge in [0.2, 0.25) is 5.60 Å². The number of likely N-dealkylation sites (N-methyl/N-ethyl adjacent to an activating group) is 1. The molecule has 3 heterocycles. The lowest BCUT2D eigenvalue weighted by atomic mass is 9.84. The Morgan fingerprint density at radius 2 is 1.28 bits per heavy atom. The Morgan fingerprint density at radius 3 is 1.69 bits per heavy atom. The van der Waals surface area contributed by atoms with E-state index in [1.807, 2.05) is 14.1 Å². The molecule has 0 saturated carbocycles. The summed E-state index contributed by atoms with van der Waals surface area (Å²) in [5.74, 6) is -1.33. The van der Waals surface area contributed by atoms with Gasteiger partial charge in [-0.05, 0) is 24.3 Å². The lowest BCUT2D eigenvalue weighted by Gasteiger charge is -2.45. The largest absolute Gasteiger partial charge is 0.459 e. The number of piperidine rings is 1. The highest BCUT2D eigenvalue weighted by Gasteiger charge is 2.71. The van der Waals surface area contributed by atoms with Crippen LogP contribution in [0.25, 0.3) is 0 Å². The van der Waals surface area contributed by atoms with Crippen LogP contribution in [-0.2, 0) is 32.2 Å². The van der Waals surface area contributed by atoms with E-state index in [1.54, 1.807) is 0 Å². The van der Waals surface area contributed by atoms with Crippen LogP contribution < -0.4 is 0 Å². The van der Waals surface area contributed by atoms with Crippen molar-refractivity contribution >= 4 is 5.97 Å². The number of carbonyl (C=O) groups is 1. The molecule has 3 fully saturated rings. The Labute approximate surface area is 202 Å². The van der Waals surface area contributed by atoms with Crippen LogP contribution >= 0.6 is 0 Å². The van der Waals surface area contributed by atoms with E-state index in [1.165, 1.54) is 0 Å². The minimum atomic E-state index is -4.80. The number of nitrogens with zero attached hydrogens (tertiary/aromatic N) is 1. The molecule has 0 spiro atoms. The molecule has 2 bridgehead atoms. The molecule has 3 aliphatic rings. The maximum atomic E-state index is 13.5. The number of benzene rings is 2. The van der Waals surface area contributed by atoms with Crippen LogP contribution in [0.5, 0.6) is 0 Å². The number of rotatable bonds is 4. The van der Waals surface area contributed by atoms with Gasteiger partial charge in [0, 0.05) is 24.0 Å². The molecule has 2 aromatic rings. The average Bonchev–Trinajstić information content (AvgIpc) is 3.56. The summed E-state index contributed by atoms with van der Waals surface area (Å²) in [4.78, 5) is 13.5. The summed E-state index contributed by atoms with van der Waals surface area (Å²) >= 11 is 0. The molecule has 36 heavy (non-hydrogen) atoms. The molecule has 3 aliphatic heterocycles. The third kappa shape index (κ3) is 3.97. The van der Waals surface area contributed by atoms with Crippen LogP contribution in [0.15, 0.2) is 48.5 Å². The lowest BCUT2D eigenvalue weighted by Crippen LogP contribution is -2.60. The zero-order chi connectivity index (χ0) is 26.3. The van der Waals surface area contributed by atoms with Gasteiger partial charge in [0.05, 0.1) is 25.2 Å². The van der Waals surface area contributed by atoms with Crippen LogP contribution in [0.1, 0.15) is 35.1 Å². The average molecular weight is 516 g/mol. The SMILES string of the molecule is C[N+]1(C)C2CC(OC(=O)C(O)(c3cccc(C(F)(F)F)c3)c3cccc(C(F)(F)F)c3)CC1C1OC12. The van der Waals surface area contributed by atoms with Gasteiger partial charge in [0.15, 0.2) is 0 Å². The van der Waals surface area contributed by atoms with Gasteiger partial charge in [-0.15, -0.1) is 0 Å². The number of fused-ring (bicyclic) bond motifs is 5. The number of quaternary nitrogens is 1. The van der Waals surface area contributed by atoms with Crippen molar-refractivity contribution in [2.45, 2.75) is 61.2 Å². The van der Waals surface area contributed by atoms with Gasteiger partial charge in [-0.25, -0.2) is 4.79 Å². The molecule has 5 rings (SSSR count). The van der Waals surface area contributed by atoms with E-state index in [4.69, 9.17) is 9.47 Å². The number of halogens is 6. The summed E-state index contributed by atoms with van der Waals surface area (Å²) in [5.41, 5.74) is -6.30. The fourth-order valence-corrected chi connectivity index (χ4v) is 5.78. The van der Waals surface area contributed by atoms with Gasteiger partial charge >= 0.3 is 18.3 Å². The molecule has 194 valence electrons. The van der Waals surface area contributed by atoms with Gasteiger partial charge in [-0.3, -0.25) is 0 Å². The first kappa shape index (κ1) is 25.0. The fraction of sp³-hybridized carbons (Fsp3) is 0.480. The smallest absolute Gasteiger partial charge is 0.416 e. The van der Waals surface area contributed by atoms with Gasteiger partial charge in [0.1, 0.15) is 30.4 Å². The van der Waals surface area contributed by atoms with Crippen molar-refractivity contribution in [1.82, 2.24) is 0 Å². The number of ether oxygens (including phenoxy) is 2. The van der Waals surface area contributed by atoms with E-state index in [-0.39, 0.29) is 24.3 Å². The number of hydrogen-bond acceptors (Lipinski definition) is 4. The Kier molecular flexibility index (Phi) is 5.52. The molecule has 4 unspecified atom stereocenters. The van der Waals surface area contributed by atoms with Gasteiger partial charge < -0.3 is 19.1 Å². The molecule has 11 heteroatoms. The lowest BCUT2D eigenvalue weighted by molar-refractivity contribution is -0.938. The Balaban J connectivity index is 1.52. The first-order valence-corrected chi connectivity index (χ1v) is 11.4. The summed E-state index contributed by atoms with van der Waals surface area (Å²) in [7, 11) is 4.09. The van der Waals surface area contributed by atoms with E-state index in [0.717, 1.165) is 36.4 Å². The predicted molar refractivity (Wildman–Crippen MR) is 113 cm³/mol. The minimum Gasteiger partial charge on any atom is -0.459 e. The van der Waals surface area contributed by atoms with Crippen molar-refractivity contribution in [3.63, 3.8) is 0 Å². The number of morpholine rings is 1. The number of hydrogen-bond donors (Lipinski definition) is 1. The monoisotopic (exact) mass is 516 g/mol. The molecule has 1 N–H and O–H groups in total. The highest BCUT2D eigenvalue weighted by atomic mass is 19.4. The maximum absolute atomic E-state index is 13.5. The zero-order valence-corrected chi connectivity index (χ0v) is 19.3. The summed E-state index contributed by atoms with van der Waals surface area (Å²) in [6.45, 7) is 0. The molecule has 3 saturated heterocycles. The molecule has 5 nitrogen and oxygen atoms in total. The molecule has 0 aliphatic carbocycles. The van der Waals surface area contributed by atoms with Gasteiger partial charge in [-0.2, -0.15) is 26.3 Å². The van der Waals surface area contributed by atoms with E-state index < -0.39 is 52.3 Å². The molecule has 0 aromatic heterocycles. The second kappa shape index (κ2) is 7.93. The van der Waals surface area contributed by atoms with Crippen molar-refractivity contribution in [3.05, 3.63) is 70.8 Å². The molecular weight excluding hydrogens is 492 g/mol. The molecule has 4 atom stereocenters. The summed E-state index contributed by atoms with van der Waals surface area (Å²) in [6, 6.07) is 6.73. The number of esters is 1. The van der Waals surface area contributed by atoms with Crippen molar-refractivity contribution in [2.24, 2.45) is 0 Å². The van der Waals surface area contributed by atoms with E-state index in [2.05, 4.69) is 0 Å². The Bertz CT molecular complexity index is 1120. The highest BCUT2D eigenvalue weighted by Crippen LogP contribution is 2.52. The van der Waals surface area contributed by atoms with Crippen LogP contribution in [0.3, 0.4) is 0 Å². The van der Waals surface area contributed by atoms with Crippen molar-refractivity contribution in [2.75, 3.05) is 14.1 Å². The third-order valence-electron chi connectivity index (χ3n) is 7.82. The quantitative estimate of drug-likeness (QED) is 0.286. The first-order chi connectivity index (χ1) is 16.6. The predicted octanol–water partition coefficient (Wildman–Crippen LogP) is 4.26. The number of epoxide rings is 1. The van der Waals surface area contributed by atoms with Gasteiger partial charge in [-0.1, -0.05) is 24.3 Å². The summed E-state index contributed by atoms with van der Waals surface area (Å²) < 4.78 is 92.4. The molecule has 0 radical (unpaired) electrons. The summed E-state index contributed by atoms with van der Waals surface area (Å²) in [5, 5.41) is 11.6. The fourth-order valence-electron chi connectivity index (χ4n) is 5.78. The number of aliphatic hydroxyl groups is 1. The minimum absolute atomic E-state index is 0.0273. The molecular formula is C25H24F6NO4+. The second-order valence-electron chi connectivity index (χ2n) is 10.2. The first-order valence-electron chi connectivity index (χ1n) is 11.4. The van der Waals surface area contributed by atoms with E-state index >= 15 is 0 Å². The van der Waals surface area contributed by atoms with Crippen molar-refractivity contribution < 1.29 is 50.2 Å². The van der Waals surface area contributed by atoms with Crippen molar-refractivity contribution in [1.29, 1.82) is 0 Å². The maximum Gasteiger partial charge on any atom is 0.416 e. The highest BCUT2D eigenvalue weighted by molar-refractivity contribution is 5.85. The normalized spacial score (nSPS) is 29.0. The Hall–Kier alpha value is -2.63. The van der Waals surface area contributed by atoms with Crippen LogP contribution in [-0.4, -0.2) is 60.0 Å². The Morgan fingerprint density at radius 1 is 0.861 bits per heavy atom. The van der Waals surface area contributed by atoms with Crippen LogP contribution in [0, 0.1) is 0 Å². The van der Waals surface area contributed by atoms with Crippen LogP contribution in [0.2, 0.25) is 0 Å². The van der Waals surface area contributed by atoms with E-state index in [0.29, 0.717) is 29.5 Å². The third-order valence-corrected chi connectivity index (χ3v) is 7.82. The second-order valence-corrected chi connectivity index (χ2v) is 10.2. The van der Waals surface area contributed by atoms with E-state index in [9.17, 15) is 36.2 Å². The van der Waals surface area contributed by atoms with Gasteiger partial charge in [0.25, 0.3) is 0 Å². The standard InChI is InChI=1S/C25H24F6NO4/c1-32(2)18-11-17(12-19(32)21-20(18)36-21)35-22(33)23(34,13-5-3-7-15(9-13)24(26,27)28)14-6-4-8-16(10-14)25(29,30)31/h3-10,17-21,34H,11-12H2,1-2H3/q+1. The number of carbonyl (C=O) groups excluding carboxylic acids is 1. The topological polar surface area (TPSA) is 59.1 Å². The van der Waals surface area contributed by atoms with Crippen molar-refractivity contribution in [3.8, 4) is 0 Å². The summed E-state index contributed by atoms with van der Waals surface area (Å²) in [6.07, 6.45) is -9.42. The zero-order valence-electron chi connectivity index (χ0n) is 19.3. The molecule has 2 aromatic carbocycles. The number of alkyl halides is 6.